The summed E-state index contributed by atoms with van der Waals surface area (Å²) in [5.74, 6) is 0.156. The van der Waals surface area contributed by atoms with E-state index in [-0.39, 0.29) is 24.1 Å². The van der Waals surface area contributed by atoms with Crippen LogP contribution in [-0.2, 0) is 0 Å². The third-order valence-corrected chi connectivity index (χ3v) is 4.44. The molecule has 0 aliphatic heterocycles. The molecular weight excluding hydrogens is 280 g/mol. The van der Waals surface area contributed by atoms with E-state index in [9.17, 15) is 9.59 Å². The lowest BCUT2D eigenvalue weighted by Crippen LogP contribution is -2.38. The average molecular weight is 300 g/mol. The summed E-state index contributed by atoms with van der Waals surface area (Å²) in [5, 5.41) is 12.9. The lowest BCUT2D eigenvalue weighted by Gasteiger charge is -2.28. The first-order chi connectivity index (χ1) is 10.7. The monoisotopic (exact) mass is 300 g/mol. The van der Waals surface area contributed by atoms with E-state index in [1.54, 1.807) is 6.07 Å². The van der Waals surface area contributed by atoms with Crippen LogP contribution in [0.3, 0.4) is 0 Å². The summed E-state index contributed by atoms with van der Waals surface area (Å²) in [6.45, 7) is 0.222. The van der Waals surface area contributed by atoms with Gasteiger partial charge < -0.3 is 15.4 Å². The molecule has 5 heteroatoms. The van der Waals surface area contributed by atoms with Crippen LogP contribution in [0, 0.1) is 5.92 Å². The van der Waals surface area contributed by atoms with Crippen molar-refractivity contribution in [2.24, 2.45) is 5.92 Å². The first kappa shape index (κ1) is 14.8. The number of fused-ring (bicyclic) bond motifs is 1. The van der Waals surface area contributed by atoms with Gasteiger partial charge in [-0.2, -0.15) is 0 Å². The molecule has 2 aromatic rings. The van der Waals surface area contributed by atoms with Gasteiger partial charge in [0.1, 0.15) is 0 Å². The fraction of sp³-hybridized carbons (Fsp3) is 0.412. The number of carbonyl (C=O) groups excluding carboxylic acids is 1. The van der Waals surface area contributed by atoms with Crippen molar-refractivity contribution >= 4 is 16.8 Å². The van der Waals surface area contributed by atoms with Crippen molar-refractivity contribution in [3.05, 3.63) is 46.2 Å². The van der Waals surface area contributed by atoms with E-state index in [1.807, 2.05) is 18.2 Å². The van der Waals surface area contributed by atoms with E-state index in [0.717, 1.165) is 31.1 Å². The molecule has 3 rings (SSSR count). The van der Waals surface area contributed by atoms with Crippen LogP contribution in [0.1, 0.15) is 36.0 Å². The number of H-pyrrole nitrogens is 1. The molecule has 1 amide bonds. The highest BCUT2D eigenvalue weighted by atomic mass is 16.3. The van der Waals surface area contributed by atoms with Gasteiger partial charge in [0.15, 0.2) is 0 Å². The molecule has 0 radical (unpaired) electrons. The maximum Gasteiger partial charge on any atom is 0.252 e. The van der Waals surface area contributed by atoms with E-state index in [4.69, 9.17) is 5.11 Å². The smallest absolute Gasteiger partial charge is 0.252 e. The Hall–Kier alpha value is -2.14. The Morgan fingerprint density at radius 2 is 1.95 bits per heavy atom. The average Bonchev–Trinajstić information content (AvgIpc) is 2.54. The minimum atomic E-state index is -0.271. The number of benzene rings is 1. The summed E-state index contributed by atoms with van der Waals surface area (Å²) in [4.78, 5) is 27.0. The number of aromatic amines is 1. The van der Waals surface area contributed by atoms with Gasteiger partial charge in [-0.15, -0.1) is 0 Å². The zero-order chi connectivity index (χ0) is 15.5. The highest BCUT2D eigenvalue weighted by Crippen LogP contribution is 2.24. The summed E-state index contributed by atoms with van der Waals surface area (Å²) in [7, 11) is 0. The molecule has 1 aromatic heterocycles. The fourth-order valence-electron chi connectivity index (χ4n) is 3.15. The van der Waals surface area contributed by atoms with Gasteiger partial charge in [-0.05, 0) is 37.7 Å². The number of para-hydroxylation sites is 1. The number of aliphatic hydroxyl groups excluding tert-OH is 1. The zero-order valence-electron chi connectivity index (χ0n) is 12.3. The standard InChI is InChI=1S/C17H20N2O3/c20-10-11-5-7-12(8-6-11)18-17(22)14-9-16(21)19-15-4-2-1-3-13(14)15/h1-4,9,11-12,20H,5-8,10H2,(H,18,22)(H,19,21). The number of rotatable bonds is 3. The third kappa shape index (κ3) is 3.04. The van der Waals surface area contributed by atoms with E-state index >= 15 is 0 Å². The van der Waals surface area contributed by atoms with Gasteiger partial charge in [0.05, 0.1) is 5.56 Å². The number of carbonyl (C=O) groups is 1. The first-order valence-electron chi connectivity index (χ1n) is 7.71. The van der Waals surface area contributed by atoms with Crippen molar-refractivity contribution in [2.75, 3.05) is 6.61 Å². The fourth-order valence-corrected chi connectivity index (χ4v) is 3.15. The van der Waals surface area contributed by atoms with Crippen LogP contribution in [0.25, 0.3) is 10.9 Å². The second-order valence-corrected chi connectivity index (χ2v) is 5.97. The minimum Gasteiger partial charge on any atom is -0.396 e. The van der Waals surface area contributed by atoms with Crippen LogP contribution in [0.15, 0.2) is 35.1 Å². The number of hydrogen-bond acceptors (Lipinski definition) is 3. The maximum absolute atomic E-state index is 12.5. The molecule has 1 aromatic carbocycles. The normalized spacial score (nSPS) is 21.7. The first-order valence-corrected chi connectivity index (χ1v) is 7.71. The predicted molar refractivity (Wildman–Crippen MR) is 84.9 cm³/mol. The highest BCUT2D eigenvalue weighted by molar-refractivity contribution is 6.06. The SMILES string of the molecule is O=C(NC1CCC(CO)CC1)c1cc(=O)[nH]c2ccccc12. The predicted octanol–water partition coefficient (Wildman–Crippen LogP) is 1.81. The van der Waals surface area contributed by atoms with Crippen molar-refractivity contribution in [3.8, 4) is 0 Å². The lowest BCUT2D eigenvalue weighted by molar-refractivity contribution is 0.0915. The van der Waals surface area contributed by atoms with Crippen molar-refractivity contribution in [1.82, 2.24) is 10.3 Å². The second-order valence-electron chi connectivity index (χ2n) is 5.97. The zero-order valence-corrected chi connectivity index (χ0v) is 12.3. The Balaban J connectivity index is 1.80. The van der Waals surface area contributed by atoms with Gasteiger partial charge in [0, 0.05) is 29.6 Å². The van der Waals surface area contributed by atoms with Crippen molar-refractivity contribution in [1.29, 1.82) is 0 Å². The molecule has 0 spiro atoms. The highest BCUT2D eigenvalue weighted by Gasteiger charge is 2.23. The molecule has 116 valence electrons. The van der Waals surface area contributed by atoms with Crippen molar-refractivity contribution in [3.63, 3.8) is 0 Å². The Labute approximate surface area is 128 Å². The van der Waals surface area contributed by atoms with Crippen LogP contribution in [0.5, 0.6) is 0 Å². The van der Waals surface area contributed by atoms with Crippen LogP contribution in [0.2, 0.25) is 0 Å². The molecule has 1 aliphatic rings. The minimum absolute atomic E-state index is 0.119. The summed E-state index contributed by atoms with van der Waals surface area (Å²) in [5.41, 5.74) is 0.820. The second kappa shape index (κ2) is 6.32. The van der Waals surface area contributed by atoms with E-state index in [1.165, 1.54) is 6.07 Å². The number of aliphatic hydroxyl groups is 1. The van der Waals surface area contributed by atoms with Gasteiger partial charge in [-0.3, -0.25) is 9.59 Å². The molecule has 3 N–H and O–H groups in total. The van der Waals surface area contributed by atoms with E-state index in [0.29, 0.717) is 17.0 Å². The van der Waals surface area contributed by atoms with Gasteiger partial charge in [0.25, 0.3) is 5.91 Å². The Morgan fingerprint density at radius 3 is 2.68 bits per heavy atom. The topological polar surface area (TPSA) is 82.2 Å². The maximum atomic E-state index is 12.5. The number of nitrogens with one attached hydrogen (secondary N) is 2. The summed E-state index contributed by atoms with van der Waals surface area (Å²) < 4.78 is 0. The molecular formula is C17H20N2O3. The van der Waals surface area contributed by atoms with Crippen LogP contribution >= 0.6 is 0 Å². The van der Waals surface area contributed by atoms with E-state index < -0.39 is 0 Å². The van der Waals surface area contributed by atoms with Gasteiger partial charge >= 0.3 is 0 Å². The molecule has 5 nitrogen and oxygen atoms in total. The molecule has 0 unspecified atom stereocenters. The number of hydrogen-bond donors (Lipinski definition) is 3. The summed E-state index contributed by atoms with van der Waals surface area (Å²) >= 11 is 0. The van der Waals surface area contributed by atoms with Gasteiger partial charge in [-0.25, -0.2) is 0 Å². The molecule has 22 heavy (non-hydrogen) atoms. The van der Waals surface area contributed by atoms with Crippen molar-refractivity contribution in [2.45, 2.75) is 31.7 Å². The Morgan fingerprint density at radius 1 is 1.23 bits per heavy atom. The van der Waals surface area contributed by atoms with Gasteiger partial charge in [0.2, 0.25) is 5.56 Å². The summed E-state index contributed by atoms with van der Waals surface area (Å²) in [6.07, 6.45) is 3.60. The quantitative estimate of drug-likeness (QED) is 0.808. The molecule has 1 saturated carbocycles. The molecule has 1 heterocycles. The Kier molecular flexibility index (Phi) is 4.24. The molecule has 1 aliphatic carbocycles. The summed E-state index contributed by atoms with van der Waals surface area (Å²) in [6, 6.07) is 8.79. The number of amides is 1. The van der Waals surface area contributed by atoms with E-state index in [2.05, 4.69) is 10.3 Å². The van der Waals surface area contributed by atoms with Crippen molar-refractivity contribution < 1.29 is 9.90 Å². The largest absolute Gasteiger partial charge is 0.396 e. The molecule has 0 bridgehead atoms. The molecule has 1 fully saturated rings. The third-order valence-electron chi connectivity index (χ3n) is 4.44. The molecule has 0 atom stereocenters. The molecule has 0 saturated heterocycles. The van der Waals surface area contributed by atoms with Gasteiger partial charge in [-0.1, -0.05) is 18.2 Å². The number of aromatic nitrogens is 1. The van der Waals surface area contributed by atoms with Crippen LogP contribution < -0.4 is 10.9 Å². The lowest BCUT2D eigenvalue weighted by atomic mass is 9.86. The Bertz CT molecular complexity index is 730. The van der Waals surface area contributed by atoms with Crippen LogP contribution in [-0.4, -0.2) is 28.6 Å². The van der Waals surface area contributed by atoms with Crippen LogP contribution in [0.4, 0.5) is 0 Å². The number of pyridine rings is 1.